The van der Waals surface area contributed by atoms with E-state index in [0.717, 1.165) is 4.47 Å². The van der Waals surface area contributed by atoms with E-state index in [9.17, 15) is 4.39 Å². The Hall–Kier alpha value is -0.230. The lowest BCUT2D eigenvalue weighted by Gasteiger charge is -2.06. The molecule has 7 heteroatoms. The summed E-state index contributed by atoms with van der Waals surface area (Å²) >= 11 is 17.9. The Morgan fingerprint density at radius 1 is 1.17 bits per heavy atom. The zero-order chi connectivity index (χ0) is 13.3. The molecule has 0 amide bonds. The van der Waals surface area contributed by atoms with Gasteiger partial charge in [0.25, 0.3) is 0 Å². The lowest BCUT2D eigenvalue weighted by molar-refractivity contribution is 0.494. The van der Waals surface area contributed by atoms with Crippen molar-refractivity contribution in [1.29, 1.82) is 0 Å². The Balaban J connectivity index is 2.11. The molecule has 0 radical (unpaired) electrons. The Labute approximate surface area is 130 Å². The number of hydrogen-bond acceptors (Lipinski definition) is 2. The van der Waals surface area contributed by atoms with Crippen molar-refractivity contribution in [3.63, 3.8) is 0 Å². The molecule has 2 nitrogen and oxygen atoms in total. The highest BCUT2D eigenvalue weighted by atomic mass is 79.9. The monoisotopic (exact) mass is 415 g/mol. The fourth-order valence-corrected chi connectivity index (χ4v) is 2.47. The molecule has 0 spiro atoms. The van der Waals surface area contributed by atoms with Crippen LogP contribution in [0.2, 0.25) is 10.0 Å². The molecule has 1 aromatic heterocycles. The summed E-state index contributed by atoms with van der Waals surface area (Å²) in [6.07, 6.45) is 0. The maximum Gasteiger partial charge on any atom is 0.183 e. The topological polar surface area (TPSA) is 25.2 Å². The van der Waals surface area contributed by atoms with E-state index in [1.165, 1.54) is 12.1 Å². The van der Waals surface area contributed by atoms with Gasteiger partial charge in [-0.3, -0.25) is 0 Å². The third-order valence-electron chi connectivity index (χ3n) is 2.15. The highest BCUT2D eigenvalue weighted by Crippen LogP contribution is 2.29. The van der Waals surface area contributed by atoms with Gasteiger partial charge in [0.05, 0.1) is 21.1 Å². The molecule has 96 valence electrons. The van der Waals surface area contributed by atoms with Crippen molar-refractivity contribution >= 4 is 60.7 Å². The highest BCUT2D eigenvalue weighted by molar-refractivity contribution is 9.13. The van der Waals surface area contributed by atoms with Crippen LogP contribution in [-0.4, -0.2) is 0 Å². The molecule has 0 fully saturated rings. The van der Waals surface area contributed by atoms with Gasteiger partial charge in [0.2, 0.25) is 0 Å². The van der Waals surface area contributed by atoms with Crippen LogP contribution < -0.4 is 5.32 Å². The Morgan fingerprint density at radius 3 is 2.28 bits per heavy atom. The molecule has 0 saturated carbocycles. The minimum Gasteiger partial charge on any atom is -0.451 e. The third kappa shape index (κ3) is 3.20. The molecule has 0 saturated heterocycles. The molecule has 0 bridgehead atoms. The lowest BCUT2D eigenvalue weighted by Crippen LogP contribution is -1.98. The van der Waals surface area contributed by atoms with Crippen molar-refractivity contribution in [2.75, 3.05) is 5.32 Å². The van der Waals surface area contributed by atoms with Crippen molar-refractivity contribution in [2.45, 2.75) is 6.54 Å². The van der Waals surface area contributed by atoms with E-state index in [0.29, 0.717) is 22.7 Å². The van der Waals surface area contributed by atoms with Crippen LogP contribution in [0.3, 0.4) is 0 Å². The van der Waals surface area contributed by atoms with Gasteiger partial charge < -0.3 is 9.73 Å². The van der Waals surface area contributed by atoms with Crippen LogP contribution in [0.1, 0.15) is 5.76 Å². The van der Waals surface area contributed by atoms with E-state index >= 15 is 0 Å². The molecular formula is C11H6Br2Cl2FNO. The van der Waals surface area contributed by atoms with Crippen LogP contribution in [0.4, 0.5) is 10.1 Å². The molecular weight excluding hydrogens is 412 g/mol. The number of hydrogen-bond donors (Lipinski definition) is 1. The van der Waals surface area contributed by atoms with E-state index in [2.05, 4.69) is 37.2 Å². The quantitative estimate of drug-likeness (QED) is 0.632. The Morgan fingerprint density at radius 2 is 1.78 bits per heavy atom. The first-order valence-corrected chi connectivity index (χ1v) is 7.13. The van der Waals surface area contributed by atoms with E-state index in [1.807, 2.05) is 6.07 Å². The van der Waals surface area contributed by atoms with Gasteiger partial charge in [-0.1, -0.05) is 23.2 Å². The first-order valence-electron chi connectivity index (χ1n) is 4.79. The van der Waals surface area contributed by atoms with Gasteiger partial charge in [0.1, 0.15) is 5.76 Å². The number of anilines is 1. The number of benzene rings is 1. The second-order valence-corrected chi connectivity index (χ2v) is 5.83. The van der Waals surface area contributed by atoms with Gasteiger partial charge in [-0.25, -0.2) is 4.39 Å². The van der Waals surface area contributed by atoms with Crippen LogP contribution in [0.5, 0.6) is 0 Å². The largest absolute Gasteiger partial charge is 0.451 e. The summed E-state index contributed by atoms with van der Waals surface area (Å²) in [6, 6.07) is 4.76. The van der Waals surface area contributed by atoms with Gasteiger partial charge >= 0.3 is 0 Å². The van der Waals surface area contributed by atoms with E-state index < -0.39 is 5.82 Å². The van der Waals surface area contributed by atoms with E-state index in [-0.39, 0.29) is 10.0 Å². The van der Waals surface area contributed by atoms with Crippen LogP contribution >= 0.6 is 55.1 Å². The van der Waals surface area contributed by atoms with E-state index in [1.54, 1.807) is 0 Å². The minimum absolute atomic E-state index is 0.0215. The van der Waals surface area contributed by atoms with Crippen LogP contribution in [0, 0.1) is 5.82 Å². The predicted molar refractivity (Wildman–Crippen MR) is 77.9 cm³/mol. The van der Waals surface area contributed by atoms with E-state index in [4.69, 9.17) is 27.6 Å². The Kier molecular flexibility index (Phi) is 4.59. The fraction of sp³-hybridized carbons (Fsp3) is 0.0909. The number of rotatable bonds is 3. The maximum atomic E-state index is 13.2. The molecule has 18 heavy (non-hydrogen) atoms. The summed E-state index contributed by atoms with van der Waals surface area (Å²) in [5.74, 6) is 0.0951. The molecule has 0 aliphatic heterocycles. The smallest absolute Gasteiger partial charge is 0.183 e. The molecule has 0 aliphatic rings. The zero-order valence-corrected chi connectivity index (χ0v) is 13.4. The molecule has 2 aromatic rings. The number of nitrogens with one attached hydrogen (secondary N) is 1. The summed E-state index contributed by atoms with van der Waals surface area (Å²) in [4.78, 5) is 0. The number of furan rings is 1. The van der Waals surface area contributed by atoms with Crippen LogP contribution in [-0.2, 0) is 6.54 Å². The van der Waals surface area contributed by atoms with Gasteiger partial charge in [0.15, 0.2) is 10.5 Å². The molecule has 0 atom stereocenters. The fourth-order valence-electron chi connectivity index (χ4n) is 1.33. The van der Waals surface area contributed by atoms with Crippen molar-refractivity contribution < 1.29 is 8.81 Å². The third-order valence-corrected chi connectivity index (χ3v) is 4.41. The molecule has 2 rings (SSSR count). The Bertz CT molecular complexity index is 546. The van der Waals surface area contributed by atoms with Crippen molar-refractivity contribution in [3.8, 4) is 0 Å². The normalized spacial score (nSPS) is 10.7. The van der Waals surface area contributed by atoms with Crippen molar-refractivity contribution in [1.82, 2.24) is 0 Å². The first-order chi connectivity index (χ1) is 8.47. The molecule has 1 N–H and O–H groups in total. The summed E-state index contributed by atoms with van der Waals surface area (Å²) in [6.45, 7) is 0.433. The zero-order valence-electron chi connectivity index (χ0n) is 8.74. The summed E-state index contributed by atoms with van der Waals surface area (Å²) < 4.78 is 20.0. The second kappa shape index (κ2) is 5.82. The van der Waals surface area contributed by atoms with Crippen LogP contribution in [0.25, 0.3) is 0 Å². The van der Waals surface area contributed by atoms with Gasteiger partial charge in [-0.05, 0) is 50.1 Å². The average molecular weight is 418 g/mol. The number of halogens is 5. The van der Waals surface area contributed by atoms with Crippen LogP contribution in [0.15, 0.2) is 31.8 Å². The van der Waals surface area contributed by atoms with Crippen molar-refractivity contribution in [2.24, 2.45) is 0 Å². The molecule has 1 heterocycles. The summed E-state index contributed by atoms with van der Waals surface area (Å²) in [5.41, 5.74) is 0.620. The van der Waals surface area contributed by atoms with Gasteiger partial charge in [-0.2, -0.15) is 0 Å². The molecule has 0 unspecified atom stereocenters. The SMILES string of the molecule is Fc1c(Cl)cc(NCc2cc(Br)c(Br)o2)cc1Cl. The predicted octanol–water partition coefficient (Wildman–Crippen LogP) is 5.86. The molecule has 0 aliphatic carbocycles. The summed E-state index contributed by atoms with van der Waals surface area (Å²) in [5, 5.41) is 3.00. The average Bonchev–Trinajstić information content (AvgIpc) is 2.63. The highest BCUT2D eigenvalue weighted by Gasteiger charge is 2.09. The summed E-state index contributed by atoms with van der Waals surface area (Å²) in [7, 11) is 0. The standard InChI is InChI=1S/C11H6Br2Cl2FNO/c12-7-3-6(18-11(7)13)4-17-5-1-8(14)10(16)9(15)2-5/h1-3,17H,4H2. The lowest BCUT2D eigenvalue weighted by atomic mass is 10.3. The molecule has 1 aromatic carbocycles. The second-order valence-electron chi connectivity index (χ2n) is 3.44. The minimum atomic E-state index is -0.618. The first kappa shape index (κ1) is 14.2. The van der Waals surface area contributed by atoms with Crippen molar-refractivity contribution in [3.05, 3.63) is 49.0 Å². The van der Waals surface area contributed by atoms with Gasteiger partial charge in [0, 0.05) is 5.69 Å². The van der Waals surface area contributed by atoms with Gasteiger partial charge in [-0.15, -0.1) is 0 Å². The maximum absolute atomic E-state index is 13.2.